The molecule has 0 aliphatic heterocycles. The quantitative estimate of drug-likeness (QED) is 0.666. The zero-order valence-electron chi connectivity index (χ0n) is 12.4. The highest BCUT2D eigenvalue weighted by Gasteiger charge is 2.12. The number of hydrogen-bond donors (Lipinski definition) is 1. The molecule has 0 saturated carbocycles. The van der Waals surface area contributed by atoms with Gasteiger partial charge in [0.15, 0.2) is 6.10 Å². The molecule has 1 aromatic rings. The van der Waals surface area contributed by atoms with Gasteiger partial charge in [-0.3, -0.25) is 9.69 Å². The zero-order chi connectivity index (χ0) is 15.8. The fourth-order valence-corrected chi connectivity index (χ4v) is 1.75. The van der Waals surface area contributed by atoms with Gasteiger partial charge in [0.1, 0.15) is 5.02 Å². The van der Waals surface area contributed by atoms with E-state index < -0.39 is 17.6 Å². The van der Waals surface area contributed by atoms with Crippen LogP contribution in [0.3, 0.4) is 0 Å². The van der Waals surface area contributed by atoms with Gasteiger partial charge < -0.3 is 9.72 Å². The molecule has 6 heteroatoms. The standard InChI is InChI=1S/C15H19ClN2O3/c1-4-18(5-2)8-6-7-11(3)21-15(20)12-9-13(16)14(19)17-10-12/h9-11H,4-5,8H2,1-3H3,(H,17,19)/t11-/m1/s1. The molecular weight excluding hydrogens is 292 g/mol. The van der Waals surface area contributed by atoms with Gasteiger partial charge in [0, 0.05) is 6.20 Å². The molecule has 1 rings (SSSR count). The third kappa shape index (κ3) is 5.62. The topological polar surface area (TPSA) is 62.4 Å². The maximum Gasteiger partial charge on any atom is 0.340 e. The zero-order valence-corrected chi connectivity index (χ0v) is 13.2. The van der Waals surface area contributed by atoms with E-state index in [1.54, 1.807) is 6.92 Å². The van der Waals surface area contributed by atoms with Gasteiger partial charge in [-0.15, -0.1) is 0 Å². The van der Waals surface area contributed by atoms with Crippen LogP contribution in [-0.4, -0.2) is 41.6 Å². The van der Waals surface area contributed by atoms with Crippen molar-refractivity contribution in [3.05, 3.63) is 33.2 Å². The Morgan fingerprint density at radius 1 is 1.48 bits per heavy atom. The summed E-state index contributed by atoms with van der Waals surface area (Å²) in [6.07, 6.45) is 0.742. The molecule has 1 aromatic heterocycles. The van der Waals surface area contributed by atoms with Crippen molar-refractivity contribution < 1.29 is 9.53 Å². The lowest BCUT2D eigenvalue weighted by molar-refractivity contribution is 0.0438. The minimum absolute atomic E-state index is 0.0512. The van der Waals surface area contributed by atoms with Crippen LogP contribution >= 0.6 is 11.6 Å². The van der Waals surface area contributed by atoms with Crippen molar-refractivity contribution in [3.63, 3.8) is 0 Å². The number of nitrogens with one attached hydrogen (secondary N) is 1. The van der Waals surface area contributed by atoms with Crippen LogP contribution in [0.15, 0.2) is 17.1 Å². The Morgan fingerprint density at radius 3 is 2.71 bits per heavy atom. The van der Waals surface area contributed by atoms with Crippen LogP contribution in [0.2, 0.25) is 5.02 Å². The van der Waals surface area contributed by atoms with Crippen LogP contribution in [-0.2, 0) is 4.74 Å². The van der Waals surface area contributed by atoms with Gasteiger partial charge >= 0.3 is 5.97 Å². The van der Waals surface area contributed by atoms with Gasteiger partial charge in [-0.05, 0) is 26.1 Å². The Bertz CT molecular complexity index is 597. The summed E-state index contributed by atoms with van der Waals surface area (Å²) in [6.45, 7) is 8.31. The van der Waals surface area contributed by atoms with E-state index in [-0.39, 0.29) is 10.6 Å². The van der Waals surface area contributed by atoms with Crippen molar-refractivity contribution in [1.82, 2.24) is 9.88 Å². The lowest BCUT2D eigenvalue weighted by atomic mass is 10.3. The van der Waals surface area contributed by atoms with E-state index in [0.717, 1.165) is 13.1 Å². The number of aromatic nitrogens is 1. The highest BCUT2D eigenvalue weighted by atomic mass is 35.5. The lowest BCUT2D eigenvalue weighted by Gasteiger charge is -2.13. The molecule has 0 aliphatic rings. The first-order chi connectivity index (χ1) is 9.97. The molecule has 0 radical (unpaired) electrons. The summed E-state index contributed by atoms with van der Waals surface area (Å²) in [5, 5.41) is -0.0512. The minimum atomic E-state index is -0.571. The Balaban J connectivity index is 2.60. The fourth-order valence-electron chi connectivity index (χ4n) is 1.58. The monoisotopic (exact) mass is 310 g/mol. The Hall–Kier alpha value is -1.77. The Kier molecular flexibility index (Phi) is 7.00. The predicted octanol–water partition coefficient (Wildman–Crippen LogP) is 1.92. The maximum absolute atomic E-state index is 11.8. The van der Waals surface area contributed by atoms with Crippen molar-refractivity contribution in [1.29, 1.82) is 0 Å². The summed E-state index contributed by atoms with van der Waals surface area (Å²) < 4.78 is 5.17. The number of carbonyl (C=O) groups is 1. The van der Waals surface area contributed by atoms with Crippen molar-refractivity contribution in [2.24, 2.45) is 0 Å². The van der Waals surface area contributed by atoms with Crippen LogP contribution in [0.5, 0.6) is 0 Å². The number of rotatable bonds is 5. The predicted molar refractivity (Wildman–Crippen MR) is 82.5 cm³/mol. The molecular formula is C15H19ClN2O3. The second-order valence-electron chi connectivity index (χ2n) is 4.40. The molecule has 0 saturated heterocycles. The maximum atomic E-state index is 11.8. The fraction of sp³-hybridized carbons (Fsp3) is 0.467. The highest BCUT2D eigenvalue weighted by Crippen LogP contribution is 2.06. The number of hydrogen-bond acceptors (Lipinski definition) is 4. The summed E-state index contributed by atoms with van der Waals surface area (Å²) in [6, 6.07) is 1.28. The molecule has 0 aliphatic carbocycles. The number of H-pyrrole nitrogens is 1. The molecule has 0 aromatic carbocycles. The van der Waals surface area contributed by atoms with Gasteiger partial charge in [-0.2, -0.15) is 0 Å². The van der Waals surface area contributed by atoms with Crippen LogP contribution in [0, 0.1) is 11.8 Å². The third-order valence-electron chi connectivity index (χ3n) is 2.88. The van der Waals surface area contributed by atoms with E-state index in [2.05, 4.69) is 35.6 Å². The van der Waals surface area contributed by atoms with Crippen molar-refractivity contribution in [2.45, 2.75) is 26.9 Å². The van der Waals surface area contributed by atoms with E-state index >= 15 is 0 Å². The van der Waals surface area contributed by atoms with E-state index in [0.29, 0.717) is 6.54 Å². The molecule has 0 unspecified atom stereocenters. The van der Waals surface area contributed by atoms with Gasteiger partial charge in [0.05, 0.1) is 12.1 Å². The van der Waals surface area contributed by atoms with Gasteiger partial charge in [-0.1, -0.05) is 37.3 Å². The molecule has 21 heavy (non-hydrogen) atoms. The Morgan fingerprint density at radius 2 is 2.14 bits per heavy atom. The number of ether oxygens (including phenoxy) is 1. The first-order valence-corrected chi connectivity index (χ1v) is 7.15. The largest absolute Gasteiger partial charge is 0.446 e. The number of pyridine rings is 1. The number of halogens is 1. The first kappa shape index (κ1) is 17.3. The summed E-state index contributed by atoms with van der Waals surface area (Å²) in [4.78, 5) is 27.5. The van der Waals surface area contributed by atoms with E-state index in [9.17, 15) is 9.59 Å². The minimum Gasteiger partial charge on any atom is -0.446 e. The van der Waals surface area contributed by atoms with Crippen molar-refractivity contribution in [3.8, 4) is 11.8 Å². The number of carbonyl (C=O) groups excluding carboxylic acids is 1. The normalized spacial score (nSPS) is 11.7. The molecule has 1 N–H and O–H groups in total. The van der Waals surface area contributed by atoms with Crippen molar-refractivity contribution in [2.75, 3.05) is 19.6 Å². The average Bonchev–Trinajstić information content (AvgIpc) is 2.46. The van der Waals surface area contributed by atoms with E-state index in [4.69, 9.17) is 16.3 Å². The third-order valence-corrected chi connectivity index (χ3v) is 3.16. The van der Waals surface area contributed by atoms with Gasteiger partial charge in [0.25, 0.3) is 5.56 Å². The smallest absolute Gasteiger partial charge is 0.340 e. The lowest BCUT2D eigenvalue weighted by Crippen LogP contribution is -2.23. The molecule has 1 atom stereocenters. The molecule has 1 heterocycles. The van der Waals surface area contributed by atoms with Gasteiger partial charge in [0.2, 0.25) is 0 Å². The van der Waals surface area contributed by atoms with Crippen LogP contribution in [0.25, 0.3) is 0 Å². The van der Waals surface area contributed by atoms with E-state index in [1.807, 2.05) is 0 Å². The second-order valence-corrected chi connectivity index (χ2v) is 4.80. The second kappa shape index (κ2) is 8.50. The van der Waals surface area contributed by atoms with Crippen LogP contribution < -0.4 is 5.56 Å². The van der Waals surface area contributed by atoms with Crippen molar-refractivity contribution >= 4 is 17.6 Å². The number of esters is 1. The summed E-state index contributed by atoms with van der Waals surface area (Å²) >= 11 is 5.66. The molecule has 0 fully saturated rings. The molecule has 0 bridgehead atoms. The van der Waals surface area contributed by atoms with E-state index in [1.165, 1.54) is 12.3 Å². The molecule has 0 amide bonds. The highest BCUT2D eigenvalue weighted by molar-refractivity contribution is 6.30. The molecule has 5 nitrogen and oxygen atoms in total. The summed E-state index contributed by atoms with van der Waals surface area (Å²) in [5.74, 6) is 5.28. The molecule has 114 valence electrons. The Labute approximate surface area is 129 Å². The van der Waals surface area contributed by atoms with Crippen LogP contribution in [0.4, 0.5) is 0 Å². The average molecular weight is 311 g/mol. The summed E-state index contributed by atoms with van der Waals surface area (Å²) in [7, 11) is 0. The number of nitrogens with zero attached hydrogens (tertiary/aromatic N) is 1. The van der Waals surface area contributed by atoms with Gasteiger partial charge in [-0.25, -0.2) is 4.79 Å². The molecule has 0 spiro atoms. The first-order valence-electron chi connectivity index (χ1n) is 6.77. The number of aromatic amines is 1. The van der Waals surface area contributed by atoms with Crippen LogP contribution in [0.1, 0.15) is 31.1 Å². The SMILES string of the molecule is CCN(CC)CC#C[C@@H](C)OC(=O)c1c[nH]c(=O)c(Cl)c1. The summed E-state index contributed by atoms with van der Waals surface area (Å²) in [5.41, 5.74) is -0.253.